The van der Waals surface area contributed by atoms with Gasteiger partial charge in [-0.05, 0) is 55.5 Å². The number of ether oxygens (including phenoxy) is 2. The van der Waals surface area contributed by atoms with Crippen molar-refractivity contribution in [2.45, 2.75) is 46.0 Å². The normalized spacial score (nSPS) is 24.3. The number of halogens is 1. The van der Waals surface area contributed by atoms with Crippen molar-refractivity contribution in [3.63, 3.8) is 0 Å². The van der Waals surface area contributed by atoms with Crippen LogP contribution in [0.2, 0.25) is 0 Å². The van der Waals surface area contributed by atoms with Crippen molar-refractivity contribution >= 4 is 11.5 Å². The topological polar surface area (TPSA) is 61.5 Å². The van der Waals surface area contributed by atoms with E-state index in [4.69, 9.17) is 15.2 Å². The van der Waals surface area contributed by atoms with Crippen LogP contribution in [0.5, 0.6) is 0 Å². The number of aryl methyl sites for hydroxylation is 1. The van der Waals surface area contributed by atoms with Crippen LogP contribution in [0, 0.1) is 12.8 Å². The number of benzene rings is 1. The van der Waals surface area contributed by atoms with Crippen molar-refractivity contribution in [2.24, 2.45) is 11.7 Å². The molecule has 0 aliphatic heterocycles. The van der Waals surface area contributed by atoms with Gasteiger partial charge >= 0.3 is 5.97 Å². The van der Waals surface area contributed by atoms with Crippen molar-refractivity contribution in [1.29, 1.82) is 0 Å². The van der Waals surface area contributed by atoms with Crippen molar-refractivity contribution in [1.82, 2.24) is 0 Å². The second-order valence-corrected chi connectivity index (χ2v) is 6.69. The van der Waals surface area contributed by atoms with Crippen LogP contribution in [0.3, 0.4) is 0 Å². The Morgan fingerprint density at radius 1 is 1.31 bits per heavy atom. The van der Waals surface area contributed by atoms with Crippen LogP contribution in [-0.4, -0.2) is 31.6 Å². The summed E-state index contributed by atoms with van der Waals surface area (Å²) in [6, 6.07) is 7.17. The molecule has 0 heterocycles. The molecule has 4 nitrogen and oxygen atoms in total. The molecule has 0 spiro atoms. The Hall–Kier alpha value is -1.98. The third-order valence-electron chi connectivity index (χ3n) is 5.15. The first-order valence-corrected chi connectivity index (χ1v) is 8.87. The van der Waals surface area contributed by atoms with E-state index in [2.05, 4.69) is 0 Å². The maximum absolute atomic E-state index is 15.7. The minimum absolute atomic E-state index is 0.0720. The summed E-state index contributed by atoms with van der Waals surface area (Å²) in [5.74, 6) is -3.29. The molecule has 142 valence electrons. The van der Waals surface area contributed by atoms with Crippen LogP contribution in [0.25, 0.3) is 5.57 Å². The van der Waals surface area contributed by atoms with Gasteiger partial charge in [-0.1, -0.05) is 30.3 Å². The molecule has 26 heavy (non-hydrogen) atoms. The average Bonchev–Trinajstić information content (AvgIpc) is 2.61. The average molecular weight is 361 g/mol. The molecular formula is C21H28FNO3. The lowest BCUT2D eigenvalue weighted by Gasteiger charge is -2.40. The molecule has 0 bridgehead atoms. The van der Waals surface area contributed by atoms with Gasteiger partial charge in [0.15, 0.2) is 0 Å². The molecule has 1 aliphatic rings. The van der Waals surface area contributed by atoms with Gasteiger partial charge in [-0.3, -0.25) is 4.79 Å². The van der Waals surface area contributed by atoms with Crippen LogP contribution >= 0.6 is 0 Å². The Morgan fingerprint density at radius 2 is 1.96 bits per heavy atom. The van der Waals surface area contributed by atoms with Gasteiger partial charge in [-0.2, -0.15) is 0 Å². The molecule has 1 aromatic rings. The molecule has 0 saturated heterocycles. The van der Waals surface area contributed by atoms with Crippen molar-refractivity contribution in [2.75, 3.05) is 13.7 Å². The second-order valence-electron chi connectivity index (χ2n) is 6.69. The highest BCUT2D eigenvalue weighted by atomic mass is 19.2. The second kappa shape index (κ2) is 8.14. The molecule has 5 heteroatoms. The molecule has 0 fully saturated rings. The fourth-order valence-electron chi connectivity index (χ4n) is 3.51. The van der Waals surface area contributed by atoms with Crippen LogP contribution in [0.4, 0.5) is 4.39 Å². The number of carbonyl (C=O) groups is 1. The lowest BCUT2D eigenvalue weighted by Crippen LogP contribution is -2.48. The Morgan fingerprint density at radius 3 is 2.54 bits per heavy atom. The van der Waals surface area contributed by atoms with Crippen molar-refractivity contribution in [3.8, 4) is 0 Å². The third kappa shape index (κ3) is 3.74. The number of hydrogen-bond donors (Lipinski definition) is 1. The summed E-state index contributed by atoms with van der Waals surface area (Å²) in [5.41, 5.74) is 10.6. The van der Waals surface area contributed by atoms with Crippen molar-refractivity contribution < 1.29 is 18.7 Å². The van der Waals surface area contributed by atoms with E-state index in [0.717, 1.165) is 22.3 Å². The fraction of sp³-hybridized carbons (Fsp3) is 0.476. The predicted octanol–water partition coefficient (Wildman–Crippen LogP) is 3.94. The van der Waals surface area contributed by atoms with Gasteiger partial charge in [-0.15, -0.1) is 0 Å². The van der Waals surface area contributed by atoms with Gasteiger partial charge in [0, 0.05) is 13.2 Å². The zero-order valence-corrected chi connectivity index (χ0v) is 16.1. The lowest BCUT2D eigenvalue weighted by atomic mass is 9.75. The fourth-order valence-corrected chi connectivity index (χ4v) is 3.51. The van der Waals surface area contributed by atoms with Crippen LogP contribution in [0.15, 0.2) is 41.5 Å². The quantitative estimate of drug-likeness (QED) is 0.780. The van der Waals surface area contributed by atoms with Gasteiger partial charge in [0.2, 0.25) is 5.85 Å². The van der Waals surface area contributed by atoms with E-state index >= 15 is 4.39 Å². The van der Waals surface area contributed by atoms with E-state index in [1.54, 1.807) is 19.9 Å². The maximum atomic E-state index is 15.7. The standard InChI is InChI=1S/C21H28FNO3/c1-6-26-20(24)12-19(23)18-11-17(16-10-8-7-9-13(16)2)14(3)15(4)21(18,22)25-5/h7-11,18-19H,6,12,23H2,1-5H3. The molecule has 3 atom stereocenters. The van der Waals surface area contributed by atoms with Gasteiger partial charge in [0.05, 0.1) is 18.9 Å². The molecule has 0 radical (unpaired) electrons. The Bertz CT molecular complexity index is 741. The maximum Gasteiger partial charge on any atom is 0.307 e. The number of nitrogens with two attached hydrogens (primary N) is 1. The summed E-state index contributed by atoms with van der Waals surface area (Å²) >= 11 is 0. The minimum Gasteiger partial charge on any atom is -0.466 e. The Balaban J connectivity index is 2.50. The Kier molecular flexibility index (Phi) is 6.37. The smallest absolute Gasteiger partial charge is 0.307 e. The first kappa shape index (κ1) is 20.3. The van der Waals surface area contributed by atoms with Crippen LogP contribution in [-0.2, 0) is 14.3 Å². The number of esters is 1. The van der Waals surface area contributed by atoms with E-state index < -0.39 is 23.8 Å². The van der Waals surface area contributed by atoms with Crippen molar-refractivity contribution in [3.05, 3.63) is 52.6 Å². The van der Waals surface area contributed by atoms with E-state index in [9.17, 15) is 4.79 Å². The molecule has 0 amide bonds. The summed E-state index contributed by atoms with van der Waals surface area (Å²) in [5, 5.41) is 0. The molecule has 0 saturated carbocycles. The van der Waals surface area contributed by atoms with E-state index in [1.165, 1.54) is 7.11 Å². The largest absolute Gasteiger partial charge is 0.466 e. The zero-order valence-electron chi connectivity index (χ0n) is 16.1. The number of carbonyl (C=O) groups excluding carboxylic acids is 1. The highest BCUT2D eigenvalue weighted by Gasteiger charge is 2.47. The summed E-state index contributed by atoms with van der Waals surface area (Å²) in [6.45, 7) is 7.61. The van der Waals surface area contributed by atoms with Gasteiger partial charge < -0.3 is 15.2 Å². The van der Waals surface area contributed by atoms with Gasteiger partial charge in [0.1, 0.15) is 0 Å². The monoisotopic (exact) mass is 361 g/mol. The number of rotatable bonds is 6. The number of alkyl halides is 1. The third-order valence-corrected chi connectivity index (χ3v) is 5.15. The summed E-state index contributed by atoms with van der Waals surface area (Å²) in [6.07, 6.45) is 1.73. The molecular weight excluding hydrogens is 333 g/mol. The van der Waals surface area contributed by atoms with Gasteiger partial charge in [-0.25, -0.2) is 4.39 Å². The van der Waals surface area contributed by atoms with E-state index in [1.807, 2.05) is 38.1 Å². The zero-order chi connectivity index (χ0) is 19.5. The highest BCUT2D eigenvalue weighted by Crippen LogP contribution is 2.45. The highest BCUT2D eigenvalue weighted by molar-refractivity contribution is 5.83. The van der Waals surface area contributed by atoms with E-state index in [0.29, 0.717) is 5.57 Å². The number of methoxy groups -OCH3 is 1. The molecule has 1 aliphatic carbocycles. The van der Waals surface area contributed by atoms with Gasteiger partial charge in [0.25, 0.3) is 0 Å². The number of hydrogen-bond acceptors (Lipinski definition) is 4. The Labute approximate surface area is 154 Å². The first-order chi connectivity index (χ1) is 12.3. The summed E-state index contributed by atoms with van der Waals surface area (Å²) in [7, 11) is 1.33. The molecule has 3 unspecified atom stereocenters. The number of allylic oxidation sites excluding steroid dienone is 2. The lowest BCUT2D eigenvalue weighted by molar-refractivity contribution is -0.147. The van der Waals surface area contributed by atoms with E-state index in [-0.39, 0.29) is 13.0 Å². The first-order valence-electron chi connectivity index (χ1n) is 8.87. The summed E-state index contributed by atoms with van der Waals surface area (Å²) < 4.78 is 25.9. The molecule has 0 aromatic heterocycles. The molecule has 2 N–H and O–H groups in total. The summed E-state index contributed by atoms with van der Waals surface area (Å²) in [4.78, 5) is 11.8. The SMILES string of the molecule is CCOC(=O)CC(N)C1C=C(c2ccccc2C)C(C)=C(C)C1(F)OC. The molecule has 2 rings (SSSR count). The minimum atomic E-state index is -2.05. The molecule has 1 aromatic carbocycles. The van der Waals surface area contributed by atoms with Crippen LogP contribution < -0.4 is 5.73 Å². The van der Waals surface area contributed by atoms with Crippen LogP contribution in [0.1, 0.15) is 38.3 Å². The predicted molar refractivity (Wildman–Crippen MR) is 101 cm³/mol.